The first-order chi connectivity index (χ1) is 14.1. The van der Waals surface area contributed by atoms with Crippen LogP contribution in [0.15, 0.2) is 30.5 Å². The van der Waals surface area contributed by atoms with Crippen LogP contribution in [0.25, 0.3) is 5.69 Å². The number of benzene rings is 1. The van der Waals surface area contributed by atoms with E-state index in [-0.39, 0.29) is 17.3 Å². The third kappa shape index (κ3) is 4.07. The van der Waals surface area contributed by atoms with Gasteiger partial charge in [0.25, 0.3) is 5.91 Å². The summed E-state index contributed by atoms with van der Waals surface area (Å²) in [6.07, 6.45) is 7.37. The lowest BCUT2D eigenvalue weighted by Crippen LogP contribution is -2.59. The highest BCUT2D eigenvalue weighted by molar-refractivity contribution is 5.95. The van der Waals surface area contributed by atoms with E-state index in [1.165, 1.54) is 36.2 Å². The number of hydrogen-bond acceptors (Lipinski definition) is 4. The molecule has 156 valence electrons. The van der Waals surface area contributed by atoms with Crippen LogP contribution in [-0.4, -0.2) is 59.0 Å². The number of halogens is 1. The van der Waals surface area contributed by atoms with E-state index in [0.29, 0.717) is 23.5 Å². The van der Waals surface area contributed by atoms with Crippen molar-refractivity contribution >= 4 is 5.91 Å². The Bertz CT molecular complexity index is 854. The fraction of sp³-hybridized carbons (Fsp3) is 0.545. The molecule has 1 saturated heterocycles. The molecule has 1 aromatic carbocycles. The van der Waals surface area contributed by atoms with E-state index in [0.717, 1.165) is 39.1 Å². The second-order valence-electron chi connectivity index (χ2n) is 8.07. The highest BCUT2D eigenvalue weighted by atomic mass is 19.1. The largest absolute Gasteiger partial charge is 0.379 e. The van der Waals surface area contributed by atoms with Gasteiger partial charge in [-0.15, -0.1) is 0 Å². The Morgan fingerprint density at radius 3 is 2.66 bits per heavy atom. The third-order valence-electron chi connectivity index (χ3n) is 6.38. The van der Waals surface area contributed by atoms with Crippen LogP contribution in [0.1, 0.15) is 48.2 Å². The quantitative estimate of drug-likeness (QED) is 0.838. The van der Waals surface area contributed by atoms with E-state index in [4.69, 9.17) is 4.74 Å². The van der Waals surface area contributed by atoms with Crippen LogP contribution in [0.5, 0.6) is 0 Å². The predicted octanol–water partition coefficient (Wildman–Crippen LogP) is 3.08. The minimum Gasteiger partial charge on any atom is -0.379 e. The summed E-state index contributed by atoms with van der Waals surface area (Å²) in [6.45, 7) is 5.76. The van der Waals surface area contributed by atoms with Crippen molar-refractivity contribution in [1.82, 2.24) is 20.0 Å². The predicted molar refractivity (Wildman–Crippen MR) is 109 cm³/mol. The van der Waals surface area contributed by atoms with Crippen LogP contribution in [0.3, 0.4) is 0 Å². The zero-order valence-electron chi connectivity index (χ0n) is 17.0. The summed E-state index contributed by atoms with van der Waals surface area (Å²) in [7, 11) is 0. The molecule has 2 aliphatic rings. The summed E-state index contributed by atoms with van der Waals surface area (Å²) in [5, 5.41) is 7.42. The Hall–Kier alpha value is -2.25. The molecule has 7 heteroatoms. The molecule has 0 spiro atoms. The molecule has 1 aliphatic carbocycles. The van der Waals surface area contributed by atoms with Gasteiger partial charge in [0.15, 0.2) is 0 Å². The molecule has 0 unspecified atom stereocenters. The Morgan fingerprint density at radius 1 is 1.21 bits per heavy atom. The highest BCUT2D eigenvalue weighted by Crippen LogP contribution is 2.34. The molecule has 2 heterocycles. The number of ether oxygens (including phenoxy) is 1. The van der Waals surface area contributed by atoms with Crippen molar-refractivity contribution < 1.29 is 13.9 Å². The van der Waals surface area contributed by atoms with Crippen molar-refractivity contribution in [3.8, 4) is 5.69 Å². The molecule has 0 bridgehead atoms. The van der Waals surface area contributed by atoms with Gasteiger partial charge in [-0.1, -0.05) is 31.4 Å². The molecule has 2 fully saturated rings. The van der Waals surface area contributed by atoms with Gasteiger partial charge in [-0.3, -0.25) is 9.69 Å². The van der Waals surface area contributed by atoms with Crippen molar-refractivity contribution in [1.29, 1.82) is 0 Å². The van der Waals surface area contributed by atoms with E-state index in [9.17, 15) is 9.18 Å². The lowest BCUT2D eigenvalue weighted by molar-refractivity contribution is -0.0361. The SMILES string of the molecule is Cc1c(C(=O)NCC2(N3CCOCC3)CCCCC2)cnn1-c1ccccc1F. The number of nitrogens with zero attached hydrogens (tertiary/aromatic N) is 3. The normalized spacial score (nSPS) is 19.8. The van der Waals surface area contributed by atoms with E-state index >= 15 is 0 Å². The van der Waals surface area contributed by atoms with E-state index < -0.39 is 0 Å². The summed E-state index contributed by atoms with van der Waals surface area (Å²) in [4.78, 5) is 15.5. The Balaban J connectivity index is 1.49. The number of nitrogens with one attached hydrogen (secondary N) is 1. The fourth-order valence-electron chi connectivity index (χ4n) is 4.69. The van der Waals surface area contributed by atoms with Crippen LogP contribution < -0.4 is 5.32 Å². The Morgan fingerprint density at radius 2 is 1.93 bits per heavy atom. The van der Waals surface area contributed by atoms with Crippen LogP contribution in [0, 0.1) is 12.7 Å². The molecule has 1 aromatic heterocycles. The van der Waals surface area contributed by atoms with E-state index in [1.54, 1.807) is 25.1 Å². The van der Waals surface area contributed by atoms with Gasteiger partial charge in [0.1, 0.15) is 11.5 Å². The van der Waals surface area contributed by atoms with Gasteiger partial charge in [-0.25, -0.2) is 9.07 Å². The molecular weight excluding hydrogens is 371 g/mol. The monoisotopic (exact) mass is 400 g/mol. The standard InChI is InChI=1S/C22H29FN4O2/c1-17-18(15-25-27(17)20-8-4-3-7-19(20)23)21(28)24-16-22(9-5-2-6-10-22)26-11-13-29-14-12-26/h3-4,7-8,15H,2,5-6,9-14,16H2,1H3,(H,24,28). The topological polar surface area (TPSA) is 59.4 Å². The molecule has 4 rings (SSSR count). The molecule has 6 nitrogen and oxygen atoms in total. The zero-order chi connectivity index (χ0) is 20.3. The van der Waals surface area contributed by atoms with Crippen molar-refractivity contribution in [2.45, 2.75) is 44.6 Å². The third-order valence-corrected chi connectivity index (χ3v) is 6.38. The smallest absolute Gasteiger partial charge is 0.254 e. The van der Waals surface area contributed by atoms with Crippen molar-refractivity contribution in [2.75, 3.05) is 32.8 Å². The van der Waals surface area contributed by atoms with Crippen LogP contribution in [0.4, 0.5) is 4.39 Å². The number of amides is 1. The molecule has 1 amide bonds. The number of carbonyl (C=O) groups excluding carboxylic acids is 1. The first kappa shape index (κ1) is 20.0. The van der Waals surface area contributed by atoms with Crippen LogP contribution in [0.2, 0.25) is 0 Å². The molecule has 1 aliphatic heterocycles. The summed E-state index contributed by atoms with van der Waals surface area (Å²) in [5.74, 6) is -0.512. The van der Waals surface area contributed by atoms with Crippen LogP contribution in [-0.2, 0) is 4.74 Å². The maximum Gasteiger partial charge on any atom is 0.254 e. The number of aromatic nitrogens is 2. The summed E-state index contributed by atoms with van der Waals surface area (Å²) in [5.41, 5.74) is 1.48. The average Bonchev–Trinajstić information content (AvgIpc) is 3.15. The van der Waals surface area contributed by atoms with Crippen molar-refractivity contribution in [3.63, 3.8) is 0 Å². The first-order valence-corrected chi connectivity index (χ1v) is 10.5. The van der Waals surface area contributed by atoms with E-state index in [1.807, 2.05) is 0 Å². The van der Waals surface area contributed by atoms with Gasteiger partial charge in [0, 0.05) is 25.2 Å². The van der Waals surface area contributed by atoms with Gasteiger partial charge in [-0.05, 0) is 31.9 Å². The van der Waals surface area contributed by atoms with Gasteiger partial charge in [-0.2, -0.15) is 5.10 Å². The fourth-order valence-corrected chi connectivity index (χ4v) is 4.69. The lowest BCUT2D eigenvalue weighted by atomic mass is 9.79. The first-order valence-electron chi connectivity index (χ1n) is 10.5. The lowest BCUT2D eigenvalue weighted by Gasteiger charge is -2.48. The van der Waals surface area contributed by atoms with Gasteiger partial charge >= 0.3 is 0 Å². The van der Waals surface area contributed by atoms with Crippen molar-refractivity contribution in [3.05, 3.63) is 47.5 Å². The number of rotatable bonds is 5. The average molecular weight is 400 g/mol. The zero-order valence-corrected chi connectivity index (χ0v) is 17.0. The summed E-state index contributed by atoms with van der Waals surface area (Å²) < 4.78 is 21.2. The van der Waals surface area contributed by atoms with Crippen molar-refractivity contribution in [2.24, 2.45) is 0 Å². The van der Waals surface area contributed by atoms with Gasteiger partial charge in [0.05, 0.1) is 30.7 Å². The van der Waals surface area contributed by atoms with Gasteiger partial charge in [0.2, 0.25) is 0 Å². The Kier molecular flexibility index (Phi) is 5.96. The highest BCUT2D eigenvalue weighted by Gasteiger charge is 2.39. The maximum absolute atomic E-state index is 14.1. The maximum atomic E-state index is 14.1. The molecule has 0 atom stereocenters. The second-order valence-corrected chi connectivity index (χ2v) is 8.07. The van der Waals surface area contributed by atoms with Crippen LogP contribution >= 0.6 is 0 Å². The molecule has 29 heavy (non-hydrogen) atoms. The molecule has 0 radical (unpaired) electrons. The number of morpholine rings is 1. The number of carbonyl (C=O) groups is 1. The van der Waals surface area contributed by atoms with E-state index in [2.05, 4.69) is 15.3 Å². The molecule has 1 saturated carbocycles. The minimum atomic E-state index is -0.362. The number of para-hydroxylation sites is 1. The second kappa shape index (κ2) is 8.63. The summed E-state index contributed by atoms with van der Waals surface area (Å²) >= 11 is 0. The summed E-state index contributed by atoms with van der Waals surface area (Å²) in [6, 6.07) is 6.45. The Labute approximate surface area is 171 Å². The molecule has 1 N–H and O–H groups in total. The van der Waals surface area contributed by atoms with Gasteiger partial charge < -0.3 is 10.1 Å². The number of hydrogen-bond donors (Lipinski definition) is 1. The molecule has 2 aromatic rings. The minimum absolute atomic E-state index is 0.00707. The molecular formula is C22H29FN4O2.